The zero-order valence-electron chi connectivity index (χ0n) is 11.3. The Morgan fingerprint density at radius 2 is 2.00 bits per heavy atom. The van der Waals surface area contributed by atoms with Crippen LogP contribution in [0.5, 0.6) is 5.88 Å². The molecule has 0 aliphatic carbocycles. The van der Waals surface area contributed by atoms with Crippen molar-refractivity contribution < 1.29 is 10.3 Å². The molecule has 0 bridgehead atoms. The first-order chi connectivity index (χ1) is 10.7. The number of halogens is 1. The molecule has 0 fully saturated rings. The highest BCUT2D eigenvalue weighted by atomic mass is 79.9. The van der Waals surface area contributed by atoms with Gasteiger partial charge in [-0.05, 0) is 18.2 Å². The number of aromatic hydroxyl groups is 1. The maximum atomic E-state index is 10.3. The van der Waals surface area contributed by atoms with Crippen LogP contribution in [0.4, 0.5) is 5.69 Å². The molecule has 22 heavy (non-hydrogen) atoms. The third-order valence-electron chi connectivity index (χ3n) is 3.89. The van der Waals surface area contributed by atoms with Crippen LogP contribution in [0.15, 0.2) is 51.9 Å². The van der Waals surface area contributed by atoms with Crippen LogP contribution in [0.25, 0.3) is 10.9 Å². The Bertz CT molecular complexity index is 917. The third-order valence-corrected chi connectivity index (χ3v) is 4.38. The first-order valence-corrected chi connectivity index (χ1v) is 7.56. The maximum Gasteiger partial charge on any atom is 0.198 e. The maximum absolute atomic E-state index is 10.3. The fourth-order valence-electron chi connectivity index (χ4n) is 2.92. The summed E-state index contributed by atoms with van der Waals surface area (Å²) in [6.45, 7) is 0. The lowest BCUT2D eigenvalue weighted by atomic mass is 9.98. The van der Waals surface area contributed by atoms with Gasteiger partial charge in [0.25, 0.3) is 0 Å². The number of rotatable bonds is 2. The number of para-hydroxylation sites is 1. The van der Waals surface area contributed by atoms with Crippen molar-refractivity contribution in [2.45, 2.75) is 6.04 Å². The molecule has 0 spiro atoms. The van der Waals surface area contributed by atoms with Gasteiger partial charge in [-0.2, -0.15) is 5.48 Å². The summed E-state index contributed by atoms with van der Waals surface area (Å²) >= 11 is 3.41. The second kappa shape index (κ2) is 4.95. The minimum absolute atomic E-state index is 0.0416. The van der Waals surface area contributed by atoms with Crippen molar-refractivity contribution in [2.24, 2.45) is 4.99 Å². The first kappa shape index (κ1) is 13.5. The normalized spacial score (nSPS) is 16.8. The topological polar surface area (TPSA) is 80.6 Å². The molecule has 2 heterocycles. The quantitative estimate of drug-likeness (QED) is 0.526. The van der Waals surface area contributed by atoms with Gasteiger partial charge in [0.15, 0.2) is 5.88 Å². The number of H-pyrrole nitrogens is 1. The van der Waals surface area contributed by atoms with E-state index in [0.29, 0.717) is 11.3 Å². The van der Waals surface area contributed by atoms with Crippen LogP contribution in [0, 0.1) is 0 Å². The Labute approximate surface area is 134 Å². The Balaban J connectivity index is 1.95. The number of fused-ring (bicyclic) bond motifs is 2. The second-order valence-corrected chi connectivity index (χ2v) is 6.07. The van der Waals surface area contributed by atoms with Crippen LogP contribution < -0.4 is 5.48 Å². The molecule has 1 aromatic heterocycles. The van der Waals surface area contributed by atoms with Crippen LogP contribution in [-0.4, -0.2) is 21.0 Å². The van der Waals surface area contributed by atoms with Crippen LogP contribution >= 0.6 is 15.9 Å². The van der Waals surface area contributed by atoms with Crippen LogP contribution in [0.3, 0.4) is 0 Å². The zero-order valence-corrected chi connectivity index (χ0v) is 12.9. The Morgan fingerprint density at radius 3 is 2.82 bits per heavy atom. The Morgan fingerprint density at radius 1 is 1.18 bits per heavy atom. The highest BCUT2D eigenvalue weighted by molar-refractivity contribution is 9.10. The lowest BCUT2D eigenvalue weighted by molar-refractivity contribution is 0.151. The van der Waals surface area contributed by atoms with E-state index in [1.807, 2.05) is 42.5 Å². The fourth-order valence-corrected chi connectivity index (χ4v) is 3.28. The monoisotopic (exact) mass is 357 g/mol. The number of nitrogens with zero attached hydrogens (tertiary/aromatic N) is 1. The molecule has 0 amide bonds. The predicted octanol–water partition coefficient (Wildman–Crippen LogP) is 3.79. The van der Waals surface area contributed by atoms with Gasteiger partial charge in [0.05, 0.1) is 22.5 Å². The number of hydrogen-bond acceptors (Lipinski definition) is 4. The molecule has 1 aliphatic heterocycles. The minimum atomic E-state index is -0.468. The molecule has 0 saturated heterocycles. The number of aliphatic imine (C=N–C) groups is 1. The minimum Gasteiger partial charge on any atom is -0.494 e. The van der Waals surface area contributed by atoms with Crippen molar-refractivity contribution in [3.05, 3.63) is 58.1 Å². The molecule has 110 valence electrons. The highest BCUT2D eigenvalue weighted by Gasteiger charge is 2.31. The molecular weight excluding hydrogens is 346 g/mol. The number of aromatic amines is 1. The summed E-state index contributed by atoms with van der Waals surface area (Å²) in [5.74, 6) is 0.0416. The van der Waals surface area contributed by atoms with E-state index in [1.165, 1.54) is 0 Å². The van der Waals surface area contributed by atoms with Gasteiger partial charge in [-0.15, -0.1) is 0 Å². The van der Waals surface area contributed by atoms with E-state index >= 15 is 0 Å². The van der Waals surface area contributed by atoms with Gasteiger partial charge in [-0.3, -0.25) is 4.99 Å². The second-order valence-electron chi connectivity index (χ2n) is 5.16. The molecule has 1 atom stereocenters. The van der Waals surface area contributed by atoms with Gasteiger partial charge in [-0.25, -0.2) is 0 Å². The molecule has 1 unspecified atom stereocenters. The summed E-state index contributed by atoms with van der Waals surface area (Å²) in [5, 5.41) is 20.7. The van der Waals surface area contributed by atoms with E-state index in [1.54, 1.807) is 0 Å². The summed E-state index contributed by atoms with van der Waals surface area (Å²) in [7, 11) is 0. The van der Waals surface area contributed by atoms with Gasteiger partial charge in [0, 0.05) is 15.4 Å². The van der Waals surface area contributed by atoms with Gasteiger partial charge >= 0.3 is 0 Å². The highest BCUT2D eigenvalue weighted by Crippen LogP contribution is 2.40. The van der Waals surface area contributed by atoms with E-state index in [4.69, 9.17) is 0 Å². The standard InChI is InChI=1S/C16H12BrN3O2/c17-8-5-6-9-12(7-8)19-16(21)13(9)15-14(20-22)10-3-1-2-4-11(10)18-15/h1-7,14,19-22H. The smallest absolute Gasteiger partial charge is 0.198 e. The largest absolute Gasteiger partial charge is 0.494 e. The van der Waals surface area contributed by atoms with Crippen molar-refractivity contribution in [2.75, 3.05) is 0 Å². The summed E-state index contributed by atoms with van der Waals surface area (Å²) in [5.41, 5.74) is 5.96. The number of nitrogens with one attached hydrogen (secondary N) is 2. The lowest BCUT2D eigenvalue weighted by Gasteiger charge is -2.12. The zero-order chi connectivity index (χ0) is 15.3. The molecule has 6 heteroatoms. The molecule has 2 aromatic carbocycles. The van der Waals surface area contributed by atoms with Gasteiger partial charge in [0.1, 0.15) is 6.04 Å². The average molecular weight is 358 g/mol. The van der Waals surface area contributed by atoms with Crippen molar-refractivity contribution in [3.8, 4) is 5.88 Å². The summed E-state index contributed by atoms with van der Waals surface area (Å²) < 4.78 is 0.918. The number of benzene rings is 2. The first-order valence-electron chi connectivity index (χ1n) is 6.76. The Kier molecular flexibility index (Phi) is 3.04. The van der Waals surface area contributed by atoms with Crippen molar-refractivity contribution in [1.82, 2.24) is 10.5 Å². The number of hydrogen-bond donors (Lipinski definition) is 4. The van der Waals surface area contributed by atoms with E-state index in [9.17, 15) is 10.3 Å². The van der Waals surface area contributed by atoms with E-state index in [2.05, 4.69) is 31.4 Å². The van der Waals surface area contributed by atoms with E-state index < -0.39 is 6.04 Å². The van der Waals surface area contributed by atoms with Crippen molar-refractivity contribution in [1.29, 1.82) is 0 Å². The number of aromatic nitrogens is 1. The molecule has 3 aromatic rings. The fraction of sp³-hybridized carbons (Fsp3) is 0.0625. The average Bonchev–Trinajstić information content (AvgIpc) is 3.02. The third kappa shape index (κ3) is 1.89. The predicted molar refractivity (Wildman–Crippen MR) is 88.0 cm³/mol. The number of hydroxylamine groups is 1. The Hall–Kier alpha value is -2.15. The molecule has 4 N–H and O–H groups in total. The molecule has 1 aliphatic rings. The molecule has 0 radical (unpaired) electrons. The summed E-state index contributed by atoms with van der Waals surface area (Å²) in [6, 6.07) is 12.8. The van der Waals surface area contributed by atoms with Crippen molar-refractivity contribution >= 4 is 38.2 Å². The molecular formula is C16H12BrN3O2. The van der Waals surface area contributed by atoms with E-state index in [-0.39, 0.29) is 5.88 Å². The SMILES string of the molecule is ONC1C(c2c(O)[nH]c3cc(Br)ccc23)=Nc2ccccc21. The van der Waals surface area contributed by atoms with Gasteiger partial charge in [0.2, 0.25) is 0 Å². The van der Waals surface area contributed by atoms with Crippen LogP contribution in [0.1, 0.15) is 17.2 Å². The summed E-state index contributed by atoms with van der Waals surface area (Å²) in [4.78, 5) is 7.53. The van der Waals surface area contributed by atoms with Gasteiger partial charge < -0.3 is 15.3 Å². The van der Waals surface area contributed by atoms with Gasteiger partial charge in [-0.1, -0.05) is 40.2 Å². The molecule has 4 rings (SSSR count). The lowest BCUT2D eigenvalue weighted by Crippen LogP contribution is -2.23. The van der Waals surface area contributed by atoms with Crippen LogP contribution in [-0.2, 0) is 0 Å². The summed E-state index contributed by atoms with van der Waals surface area (Å²) in [6.07, 6.45) is 0. The van der Waals surface area contributed by atoms with E-state index in [0.717, 1.165) is 26.6 Å². The van der Waals surface area contributed by atoms with Crippen molar-refractivity contribution in [3.63, 3.8) is 0 Å². The molecule has 0 saturated carbocycles. The molecule has 5 nitrogen and oxygen atoms in total. The van der Waals surface area contributed by atoms with Crippen LogP contribution in [0.2, 0.25) is 0 Å².